The maximum atomic E-state index is 13.7. The monoisotopic (exact) mass is 581 g/mol. The molecule has 0 bridgehead atoms. The molecule has 1 unspecified atom stereocenters. The van der Waals surface area contributed by atoms with Crippen LogP contribution in [-0.2, 0) is 9.59 Å². The molecule has 0 aliphatic carbocycles. The van der Waals surface area contributed by atoms with Crippen molar-refractivity contribution in [1.29, 1.82) is 0 Å². The number of hydrogen-bond donors (Lipinski definition) is 2. The topological polar surface area (TPSA) is 113 Å². The van der Waals surface area contributed by atoms with E-state index in [1.165, 1.54) is 0 Å². The highest BCUT2D eigenvalue weighted by Gasteiger charge is 2.27. The Balaban J connectivity index is 1.60. The maximum Gasteiger partial charge on any atom is 0.249 e. The molecule has 0 aromatic heterocycles. The average Bonchev–Trinajstić information content (AvgIpc) is 3.46. The molecule has 3 aromatic carbocycles. The van der Waals surface area contributed by atoms with E-state index in [4.69, 9.17) is 34.7 Å². The first-order valence-corrected chi connectivity index (χ1v) is 13.8. The van der Waals surface area contributed by atoms with E-state index < -0.39 is 11.8 Å². The fourth-order valence-corrected chi connectivity index (χ4v) is 5.35. The number of amides is 3. The first-order valence-electron chi connectivity index (χ1n) is 13.1. The van der Waals surface area contributed by atoms with E-state index in [0.717, 1.165) is 42.6 Å². The van der Waals surface area contributed by atoms with Crippen molar-refractivity contribution >= 4 is 46.6 Å². The van der Waals surface area contributed by atoms with Crippen LogP contribution < -0.4 is 16.4 Å². The minimum absolute atomic E-state index is 0.0715. The molecule has 1 aliphatic heterocycles. The van der Waals surface area contributed by atoms with E-state index in [-0.39, 0.29) is 25.0 Å². The number of carbonyl (C=O) groups excluding carboxylic acids is 3. The lowest BCUT2D eigenvalue weighted by atomic mass is 9.96. The van der Waals surface area contributed by atoms with E-state index in [1.54, 1.807) is 47.2 Å². The highest BCUT2D eigenvalue weighted by Crippen LogP contribution is 2.30. The summed E-state index contributed by atoms with van der Waals surface area (Å²) < 4.78 is 0. The summed E-state index contributed by atoms with van der Waals surface area (Å²) >= 11 is 12.3. The molecule has 210 valence electrons. The molecule has 4 N–H and O–H groups in total. The lowest BCUT2D eigenvalue weighted by Gasteiger charge is -2.34. The van der Waals surface area contributed by atoms with Crippen LogP contribution in [0.2, 0.25) is 10.0 Å². The van der Waals surface area contributed by atoms with E-state index in [2.05, 4.69) is 4.90 Å². The molecule has 1 aliphatic rings. The number of halogens is 2. The molecule has 4 rings (SSSR count). The minimum Gasteiger partial charge on any atom is -0.368 e. The summed E-state index contributed by atoms with van der Waals surface area (Å²) in [4.78, 5) is 43.1. The number of benzene rings is 3. The zero-order chi connectivity index (χ0) is 28.8. The third-order valence-electron chi connectivity index (χ3n) is 7.23. The Labute approximate surface area is 244 Å². The van der Waals surface area contributed by atoms with E-state index in [0.29, 0.717) is 27.8 Å². The van der Waals surface area contributed by atoms with Gasteiger partial charge in [0.15, 0.2) is 0 Å². The third-order valence-corrected chi connectivity index (χ3v) is 7.97. The van der Waals surface area contributed by atoms with Crippen molar-refractivity contribution in [3.05, 3.63) is 87.9 Å². The van der Waals surface area contributed by atoms with Crippen molar-refractivity contribution < 1.29 is 14.4 Å². The number of nitrogens with zero attached hydrogens (tertiary/aromatic N) is 3. The molecular weight excluding hydrogens is 549 g/mol. The van der Waals surface area contributed by atoms with Gasteiger partial charge in [-0.1, -0.05) is 65.7 Å². The van der Waals surface area contributed by atoms with Crippen LogP contribution >= 0.6 is 23.2 Å². The first kappa shape index (κ1) is 29.4. The van der Waals surface area contributed by atoms with Crippen molar-refractivity contribution in [3.8, 4) is 11.1 Å². The van der Waals surface area contributed by atoms with Crippen molar-refractivity contribution in [2.75, 3.05) is 44.7 Å². The summed E-state index contributed by atoms with van der Waals surface area (Å²) in [7, 11) is 1.77. The standard InChI is InChI=1S/C30H33Cl2N5O3/c1-35(29(39)19-37(18-28(33)38)22-12-13-25(31)26(32)16-22)27(17-36-14-4-5-15-36)21-10-8-20(9-11-21)23-6-2-3-7-24(23)30(34)40/h2-3,6-13,16,27H,4-5,14-15,17-19H2,1H3,(H2,33,38)(H2,34,40). The molecule has 0 saturated carbocycles. The number of primary amides is 2. The molecule has 40 heavy (non-hydrogen) atoms. The average molecular weight is 583 g/mol. The van der Waals surface area contributed by atoms with Crippen LogP contribution in [0.5, 0.6) is 0 Å². The maximum absolute atomic E-state index is 13.7. The van der Waals surface area contributed by atoms with Gasteiger partial charge >= 0.3 is 0 Å². The number of likely N-dealkylation sites (N-methyl/N-ethyl adjacent to an activating group) is 1. The Morgan fingerprint density at radius 3 is 2.20 bits per heavy atom. The van der Waals surface area contributed by atoms with Gasteiger partial charge < -0.3 is 26.2 Å². The summed E-state index contributed by atoms with van der Waals surface area (Å²) in [5, 5.41) is 0.694. The number of likely N-dealkylation sites (tertiary alicyclic amines) is 1. The Morgan fingerprint density at radius 2 is 1.57 bits per heavy atom. The van der Waals surface area contributed by atoms with Crippen LogP contribution in [0.1, 0.15) is 34.8 Å². The molecule has 1 saturated heterocycles. The summed E-state index contributed by atoms with van der Waals surface area (Å²) in [6, 6.07) is 19.8. The number of carbonyl (C=O) groups is 3. The van der Waals surface area contributed by atoms with Crippen LogP contribution in [0.15, 0.2) is 66.7 Å². The molecule has 1 heterocycles. The van der Waals surface area contributed by atoms with Crippen molar-refractivity contribution in [3.63, 3.8) is 0 Å². The quantitative estimate of drug-likeness (QED) is 0.349. The first-order chi connectivity index (χ1) is 19.1. The van der Waals surface area contributed by atoms with Crippen LogP contribution in [0, 0.1) is 0 Å². The second-order valence-corrected chi connectivity index (χ2v) is 10.8. The van der Waals surface area contributed by atoms with Crippen LogP contribution in [-0.4, -0.2) is 67.3 Å². The highest BCUT2D eigenvalue weighted by molar-refractivity contribution is 6.42. The third kappa shape index (κ3) is 7.13. The molecule has 1 atom stereocenters. The van der Waals surface area contributed by atoms with Crippen molar-refractivity contribution in [1.82, 2.24) is 9.80 Å². The predicted octanol–water partition coefficient (Wildman–Crippen LogP) is 4.35. The van der Waals surface area contributed by atoms with Gasteiger partial charge in [-0.25, -0.2) is 0 Å². The highest BCUT2D eigenvalue weighted by atomic mass is 35.5. The van der Waals surface area contributed by atoms with Gasteiger partial charge in [-0.05, 0) is 66.9 Å². The number of anilines is 1. The lowest BCUT2D eigenvalue weighted by Crippen LogP contribution is -2.45. The fourth-order valence-electron chi connectivity index (χ4n) is 5.05. The molecule has 0 spiro atoms. The number of hydrogen-bond acceptors (Lipinski definition) is 5. The molecule has 0 radical (unpaired) electrons. The Kier molecular flexibility index (Phi) is 9.68. The Morgan fingerprint density at radius 1 is 0.900 bits per heavy atom. The zero-order valence-electron chi connectivity index (χ0n) is 22.4. The van der Waals surface area contributed by atoms with Crippen molar-refractivity contribution in [2.45, 2.75) is 18.9 Å². The molecule has 3 amide bonds. The van der Waals surface area contributed by atoms with Gasteiger partial charge in [0.1, 0.15) is 0 Å². The van der Waals surface area contributed by atoms with E-state index >= 15 is 0 Å². The van der Waals surface area contributed by atoms with Crippen LogP contribution in [0.4, 0.5) is 5.69 Å². The van der Waals surface area contributed by atoms with Crippen molar-refractivity contribution in [2.24, 2.45) is 11.5 Å². The fraction of sp³-hybridized carbons (Fsp3) is 0.300. The smallest absolute Gasteiger partial charge is 0.249 e. The second-order valence-electron chi connectivity index (χ2n) is 9.98. The largest absolute Gasteiger partial charge is 0.368 e. The van der Waals surface area contributed by atoms with Gasteiger partial charge in [0.05, 0.1) is 29.2 Å². The van der Waals surface area contributed by atoms with Crippen LogP contribution in [0.3, 0.4) is 0 Å². The van der Waals surface area contributed by atoms with Gasteiger partial charge in [0.25, 0.3) is 0 Å². The van der Waals surface area contributed by atoms with Gasteiger partial charge in [0, 0.05) is 24.8 Å². The Bertz CT molecular complexity index is 1380. The summed E-state index contributed by atoms with van der Waals surface area (Å²) in [6.07, 6.45) is 2.24. The normalized spacial score (nSPS) is 14.1. The van der Waals surface area contributed by atoms with Gasteiger partial charge in [0.2, 0.25) is 17.7 Å². The summed E-state index contributed by atoms with van der Waals surface area (Å²) in [5.74, 6) is -1.24. The van der Waals surface area contributed by atoms with Crippen LogP contribution in [0.25, 0.3) is 11.1 Å². The summed E-state index contributed by atoms with van der Waals surface area (Å²) in [6.45, 7) is 2.39. The molecule has 1 fully saturated rings. The number of rotatable bonds is 11. The minimum atomic E-state index is -0.568. The van der Waals surface area contributed by atoms with Gasteiger partial charge in [-0.15, -0.1) is 0 Å². The molecule has 3 aromatic rings. The lowest BCUT2D eigenvalue weighted by molar-refractivity contribution is -0.131. The SMILES string of the molecule is CN(C(=O)CN(CC(N)=O)c1ccc(Cl)c(Cl)c1)C(CN1CCCC1)c1ccc(-c2ccccc2C(N)=O)cc1. The summed E-state index contributed by atoms with van der Waals surface area (Å²) in [5.41, 5.74) is 14.7. The van der Waals surface area contributed by atoms with E-state index in [9.17, 15) is 14.4 Å². The molecule has 8 nitrogen and oxygen atoms in total. The molecular formula is C30H33Cl2N5O3. The predicted molar refractivity (Wildman–Crippen MR) is 159 cm³/mol. The second kappa shape index (κ2) is 13.2. The van der Waals surface area contributed by atoms with Gasteiger partial charge in [-0.3, -0.25) is 14.4 Å². The zero-order valence-corrected chi connectivity index (χ0v) is 23.9. The van der Waals surface area contributed by atoms with E-state index in [1.807, 2.05) is 36.4 Å². The molecule has 10 heteroatoms. The van der Waals surface area contributed by atoms with Gasteiger partial charge in [-0.2, -0.15) is 0 Å². The number of nitrogens with two attached hydrogens (primary N) is 2. The Hall–Kier alpha value is -3.59.